The highest BCUT2D eigenvalue weighted by Crippen LogP contribution is 2.21. The number of nitrogens with zero attached hydrogens (tertiary/aromatic N) is 2. The summed E-state index contributed by atoms with van der Waals surface area (Å²) in [5.74, 6) is -0.248. The highest BCUT2D eigenvalue weighted by atomic mass is 16.5. The van der Waals surface area contributed by atoms with E-state index in [1.54, 1.807) is 19.9 Å². The summed E-state index contributed by atoms with van der Waals surface area (Å²) in [4.78, 5) is 16.5. The molecule has 0 aliphatic heterocycles. The topological polar surface area (TPSA) is 88.2 Å². The predicted octanol–water partition coefficient (Wildman–Crippen LogP) is 1.73. The Morgan fingerprint density at radius 3 is 2.95 bits per heavy atom. The maximum Gasteiger partial charge on any atom is 0.258 e. The van der Waals surface area contributed by atoms with Gasteiger partial charge < -0.3 is 14.9 Å². The largest absolute Gasteiger partial charge is 0.391 e. The molecule has 1 unspecified atom stereocenters. The van der Waals surface area contributed by atoms with Crippen molar-refractivity contribution in [3.05, 3.63) is 23.0 Å². The second-order valence-corrected chi connectivity index (χ2v) is 4.91. The maximum absolute atomic E-state index is 12.3. The van der Waals surface area contributed by atoms with Crippen LogP contribution < -0.4 is 5.32 Å². The number of aliphatic hydroxyl groups excluding tert-OH is 1. The van der Waals surface area contributed by atoms with Crippen LogP contribution in [0.2, 0.25) is 0 Å². The van der Waals surface area contributed by atoms with Gasteiger partial charge in [-0.2, -0.15) is 0 Å². The van der Waals surface area contributed by atoms with E-state index in [0.717, 1.165) is 6.42 Å². The first-order chi connectivity index (χ1) is 9.52. The number of aryl methyl sites for hydroxylation is 2. The van der Waals surface area contributed by atoms with E-state index in [0.29, 0.717) is 34.5 Å². The molecular weight excluding hydrogens is 258 g/mol. The van der Waals surface area contributed by atoms with E-state index < -0.39 is 6.10 Å². The monoisotopic (exact) mass is 277 g/mol. The van der Waals surface area contributed by atoms with Crippen LogP contribution >= 0.6 is 0 Å². The van der Waals surface area contributed by atoms with Gasteiger partial charge in [0, 0.05) is 12.2 Å². The molecule has 0 aliphatic rings. The number of nitrogens with one attached hydrogen (secondary N) is 1. The molecule has 0 saturated heterocycles. The first-order valence-corrected chi connectivity index (χ1v) is 6.72. The zero-order valence-corrected chi connectivity index (χ0v) is 11.9. The summed E-state index contributed by atoms with van der Waals surface area (Å²) >= 11 is 0. The van der Waals surface area contributed by atoms with Gasteiger partial charge in [-0.15, -0.1) is 0 Å². The highest BCUT2D eigenvalue weighted by Gasteiger charge is 2.18. The van der Waals surface area contributed by atoms with Gasteiger partial charge in [0.05, 0.1) is 22.7 Å². The fourth-order valence-corrected chi connectivity index (χ4v) is 2.14. The molecule has 20 heavy (non-hydrogen) atoms. The number of rotatable bonds is 5. The summed E-state index contributed by atoms with van der Waals surface area (Å²) in [6.45, 7) is 5.78. The van der Waals surface area contributed by atoms with E-state index >= 15 is 0 Å². The van der Waals surface area contributed by atoms with Crippen LogP contribution in [0.15, 0.2) is 10.6 Å². The molecule has 2 N–H and O–H groups in total. The lowest BCUT2D eigenvalue weighted by atomic mass is 10.1. The third kappa shape index (κ3) is 2.96. The minimum Gasteiger partial charge on any atom is -0.391 e. The van der Waals surface area contributed by atoms with Crippen LogP contribution in [0.1, 0.15) is 41.5 Å². The summed E-state index contributed by atoms with van der Waals surface area (Å²) in [6, 6.07) is 1.70. The zero-order valence-electron chi connectivity index (χ0n) is 11.9. The van der Waals surface area contributed by atoms with Crippen molar-refractivity contribution in [3.63, 3.8) is 0 Å². The van der Waals surface area contributed by atoms with Crippen molar-refractivity contribution < 1.29 is 14.4 Å². The second-order valence-electron chi connectivity index (χ2n) is 4.91. The first-order valence-electron chi connectivity index (χ1n) is 6.72. The lowest BCUT2D eigenvalue weighted by Gasteiger charge is -2.11. The minimum atomic E-state index is -0.522. The number of fused-ring (bicyclic) bond motifs is 1. The van der Waals surface area contributed by atoms with E-state index in [1.807, 2.05) is 6.92 Å². The van der Waals surface area contributed by atoms with Crippen molar-refractivity contribution in [2.24, 2.45) is 0 Å². The van der Waals surface area contributed by atoms with Gasteiger partial charge in [-0.25, -0.2) is 4.98 Å². The Balaban J connectivity index is 2.23. The summed E-state index contributed by atoms with van der Waals surface area (Å²) in [6.07, 6.45) is 1.02. The van der Waals surface area contributed by atoms with Crippen LogP contribution in [0.4, 0.5) is 0 Å². The molecule has 2 rings (SSSR count). The normalized spacial score (nSPS) is 12.6. The van der Waals surface area contributed by atoms with Crippen molar-refractivity contribution in [1.29, 1.82) is 0 Å². The molecule has 1 amide bonds. The first kappa shape index (κ1) is 14.5. The number of aliphatic hydroxyl groups is 1. The molecule has 108 valence electrons. The van der Waals surface area contributed by atoms with Gasteiger partial charge in [0.2, 0.25) is 0 Å². The standard InChI is InChI=1S/C14H19N3O3/c1-4-5-10(18)7-15-13(19)11-6-8(2)16-14-12(11)9(3)17-20-14/h6,10,18H,4-5,7H2,1-3H3,(H,15,19). The second kappa shape index (κ2) is 6.00. The number of hydrogen-bond acceptors (Lipinski definition) is 5. The molecule has 0 aliphatic carbocycles. The van der Waals surface area contributed by atoms with Crippen molar-refractivity contribution in [2.45, 2.75) is 39.7 Å². The van der Waals surface area contributed by atoms with Crippen molar-refractivity contribution in [1.82, 2.24) is 15.5 Å². The van der Waals surface area contributed by atoms with Crippen LogP contribution in [0, 0.1) is 13.8 Å². The Morgan fingerprint density at radius 2 is 2.25 bits per heavy atom. The molecule has 0 spiro atoms. The molecule has 0 fully saturated rings. The Bertz CT molecular complexity index is 621. The molecule has 6 nitrogen and oxygen atoms in total. The molecule has 0 saturated carbocycles. The minimum absolute atomic E-state index is 0.236. The third-order valence-electron chi connectivity index (χ3n) is 3.11. The van der Waals surface area contributed by atoms with Gasteiger partial charge in [0.1, 0.15) is 0 Å². The fourth-order valence-electron chi connectivity index (χ4n) is 2.14. The predicted molar refractivity (Wildman–Crippen MR) is 74.5 cm³/mol. The van der Waals surface area contributed by atoms with E-state index in [2.05, 4.69) is 15.5 Å². The van der Waals surface area contributed by atoms with Crippen LogP contribution in [-0.4, -0.2) is 33.8 Å². The number of amides is 1. The van der Waals surface area contributed by atoms with Gasteiger partial charge in [-0.1, -0.05) is 18.5 Å². The number of aromatic nitrogens is 2. The molecule has 1 atom stereocenters. The maximum atomic E-state index is 12.3. The van der Waals surface area contributed by atoms with Gasteiger partial charge in [0.15, 0.2) is 0 Å². The molecule has 6 heteroatoms. The Morgan fingerprint density at radius 1 is 1.50 bits per heavy atom. The van der Waals surface area contributed by atoms with Crippen LogP contribution in [0.5, 0.6) is 0 Å². The van der Waals surface area contributed by atoms with E-state index in [4.69, 9.17) is 4.52 Å². The van der Waals surface area contributed by atoms with Gasteiger partial charge in [-0.3, -0.25) is 4.79 Å². The third-order valence-corrected chi connectivity index (χ3v) is 3.11. The van der Waals surface area contributed by atoms with Gasteiger partial charge >= 0.3 is 0 Å². The molecular formula is C14H19N3O3. The quantitative estimate of drug-likeness (QED) is 0.869. The molecule has 0 bridgehead atoms. The van der Waals surface area contributed by atoms with E-state index in [1.165, 1.54) is 0 Å². The average molecular weight is 277 g/mol. The molecule has 2 aromatic heterocycles. The van der Waals surface area contributed by atoms with Crippen molar-refractivity contribution >= 4 is 17.0 Å². The van der Waals surface area contributed by atoms with Crippen LogP contribution in [0.25, 0.3) is 11.1 Å². The fraction of sp³-hybridized carbons (Fsp3) is 0.500. The van der Waals surface area contributed by atoms with Gasteiger partial charge in [0.25, 0.3) is 11.6 Å². The molecule has 2 heterocycles. The lowest BCUT2D eigenvalue weighted by molar-refractivity contribution is 0.0911. The van der Waals surface area contributed by atoms with Crippen LogP contribution in [-0.2, 0) is 0 Å². The number of carbonyl (C=O) groups is 1. The SMILES string of the molecule is CCCC(O)CNC(=O)c1cc(C)nc2onc(C)c12. The molecule has 0 aromatic carbocycles. The highest BCUT2D eigenvalue weighted by molar-refractivity contribution is 6.06. The number of pyridine rings is 1. The zero-order chi connectivity index (χ0) is 14.7. The van der Waals surface area contributed by atoms with Crippen molar-refractivity contribution in [3.8, 4) is 0 Å². The number of carbonyl (C=O) groups excluding carboxylic acids is 1. The summed E-state index contributed by atoms with van der Waals surface area (Å²) in [5.41, 5.74) is 2.16. The van der Waals surface area contributed by atoms with Crippen molar-refractivity contribution in [2.75, 3.05) is 6.54 Å². The summed E-state index contributed by atoms with van der Waals surface area (Å²) < 4.78 is 5.09. The Labute approximate surface area is 117 Å². The Kier molecular flexibility index (Phi) is 4.34. The Hall–Kier alpha value is -1.95. The summed E-state index contributed by atoms with van der Waals surface area (Å²) in [7, 11) is 0. The lowest BCUT2D eigenvalue weighted by Crippen LogP contribution is -2.32. The van der Waals surface area contributed by atoms with Crippen LogP contribution in [0.3, 0.4) is 0 Å². The molecule has 2 aromatic rings. The number of hydrogen-bond donors (Lipinski definition) is 2. The average Bonchev–Trinajstić information content (AvgIpc) is 2.77. The summed E-state index contributed by atoms with van der Waals surface area (Å²) in [5, 5.41) is 16.9. The molecule has 0 radical (unpaired) electrons. The van der Waals surface area contributed by atoms with Gasteiger partial charge in [-0.05, 0) is 26.3 Å². The van der Waals surface area contributed by atoms with E-state index in [-0.39, 0.29) is 12.5 Å². The smallest absolute Gasteiger partial charge is 0.258 e. The van der Waals surface area contributed by atoms with E-state index in [9.17, 15) is 9.90 Å².